The molecule has 0 radical (unpaired) electrons. The average Bonchev–Trinajstić information content (AvgIpc) is 2.61. The van der Waals surface area contributed by atoms with Gasteiger partial charge in [0.05, 0.1) is 0 Å². The van der Waals surface area contributed by atoms with Crippen LogP contribution in [0.5, 0.6) is 0 Å². The first kappa shape index (κ1) is 24.9. The molecule has 0 bridgehead atoms. The largest absolute Gasteiger partial charge is 0.412 e. The molecule has 1 rings (SSSR count). The van der Waals surface area contributed by atoms with Gasteiger partial charge in [0.1, 0.15) is 5.78 Å². The van der Waals surface area contributed by atoms with Crippen molar-refractivity contribution in [3.8, 4) is 0 Å². The van der Waals surface area contributed by atoms with Gasteiger partial charge in [0, 0.05) is 6.54 Å². The van der Waals surface area contributed by atoms with E-state index >= 15 is 0 Å². The molecule has 1 aromatic rings. The number of halogens is 6. The van der Waals surface area contributed by atoms with E-state index in [1.165, 1.54) is 0 Å². The van der Waals surface area contributed by atoms with Crippen molar-refractivity contribution in [1.82, 2.24) is 5.32 Å². The van der Waals surface area contributed by atoms with Gasteiger partial charge in [-0.25, -0.2) is 0 Å². The van der Waals surface area contributed by atoms with Gasteiger partial charge in [-0.05, 0) is 11.5 Å². The third-order valence-corrected chi connectivity index (χ3v) is 6.27. The zero-order valence-corrected chi connectivity index (χ0v) is 16.4. The zero-order chi connectivity index (χ0) is 21.4. The van der Waals surface area contributed by atoms with E-state index in [-0.39, 0.29) is 6.54 Å². The molecule has 162 valence electrons. The number of hydrogen-bond acceptors (Lipinski definition) is 4. The number of rotatable bonds is 11. The topological polar surface area (TPSA) is 47.6 Å². The Morgan fingerprint density at radius 2 is 1.39 bits per heavy atom. The van der Waals surface area contributed by atoms with Crippen molar-refractivity contribution in [1.29, 1.82) is 0 Å². The van der Waals surface area contributed by atoms with Crippen LogP contribution >= 0.6 is 7.60 Å². The van der Waals surface area contributed by atoms with Gasteiger partial charge in [-0.1, -0.05) is 57.0 Å². The van der Waals surface area contributed by atoms with Crippen LogP contribution < -0.4 is 5.32 Å². The highest BCUT2D eigenvalue weighted by molar-refractivity contribution is 7.54. The van der Waals surface area contributed by atoms with E-state index in [0.29, 0.717) is 12.8 Å². The quantitative estimate of drug-likeness (QED) is 0.348. The maximum absolute atomic E-state index is 13.1. The Balaban J connectivity index is 3.12. The van der Waals surface area contributed by atoms with E-state index < -0.39 is 44.9 Å². The Hall–Kier alpha value is -1.09. The number of benzene rings is 1. The SMILES string of the molecule is CCC(CC)[C@@H](NCc1ccccc1)P(=O)(OCC(F)(F)F)OCC(F)(F)F. The summed E-state index contributed by atoms with van der Waals surface area (Å²) in [7, 11) is -4.80. The molecule has 0 unspecified atom stereocenters. The van der Waals surface area contributed by atoms with E-state index in [1.54, 1.807) is 44.2 Å². The lowest BCUT2D eigenvalue weighted by Crippen LogP contribution is -2.38. The molecule has 0 spiro atoms. The van der Waals surface area contributed by atoms with Gasteiger partial charge in [0.25, 0.3) is 0 Å². The molecule has 0 aliphatic heterocycles. The Kier molecular flexibility index (Phi) is 9.46. The first-order valence-corrected chi connectivity index (χ1v) is 10.3. The van der Waals surface area contributed by atoms with Gasteiger partial charge in [0.2, 0.25) is 0 Å². The van der Waals surface area contributed by atoms with Crippen molar-refractivity contribution in [3.63, 3.8) is 0 Å². The van der Waals surface area contributed by atoms with Gasteiger partial charge < -0.3 is 0 Å². The molecule has 28 heavy (non-hydrogen) atoms. The highest BCUT2D eigenvalue weighted by atomic mass is 31.2. The monoisotopic (exact) mass is 435 g/mol. The Bertz CT molecular complexity index is 598. The van der Waals surface area contributed by atoms with Crippen LogP contribution in [-0.4, -0.2) is 31.3 Å². The minimum absolute atomic E-state index is 0.0801. The van der Waals surface area contributed by atoms with Gasteiger partial charge in [-0.2, -0.15) is 26.3 Å². The summed E-state index contributed by atoms with van der Waals surface area (Å²) in [4.78, 5) is 0. The van der Waals surface area contributed by atoms with E-state index in [1.807, 2.05) is 0 Å². The van der Waals surface area contributed by atoms with E-state index in [2.05, 4.69) is 14.4 Å². The van der Waals surface area contributed by atoms with Crippen LogP contribution in [0.4, 0.5) is 26.3 Å². The van der Waals surface area contributed by atoms with Gasteiger partial charge in [-0.15, -0.1) is 0 Å². The van der Waals surface area contributed by atoms with Crippen LogP contribution in [0.2, 0.25) is 0 Å². The predicted molar refractivity (Wildman–Crippen MR) is 92.8 cm³/mol. The first-order chi connectivity index (χ1) is 12.9. The third kappa shape index (κ3) is 8.94. The molecule has 0 heterocycles. The summed E-state index contributed by atoms with van der Waals surface area (Å²) in [5.41, 5.74) is 0.719. The van der Waals surface area contributed by atoms with Crippen molar-refractivity contribution >= 4 is 7.60 Å². The fourth-order valence-electron chi connectivity index (χ4n) is 2.61. The minimum Gasteiger partial charge on any atom is -0.299 e. The number of hydrogen-bond donors (Lipinski definition) is 1. The van der Waals surface area contributed by atoms with Gasteiger partial charge >= 0.3 is 19.9 Å². The van der Waals surface area contributed by atoms with Crippen LogP contribution in [-0.2, 0) is 20.2 Å². The lowest BCUT2D eigenvalue weighted by Gasteiger charge is -2.33. The minimum atomic E-state index is -4.87. The summed E-state index contributed by atoms with van der Waals surface area (Å²) in [6, 6.07) is 8.64. The van der Waals surface area contributed by atoms with Crippen LogP contribution in [0.1, 0.15) is 32.3 Å². The molecular weight excluding hydrogens is 411 g/mol. The lowest BCUT2D eigenvalue weighted by molar-refractivity contribution is -0.166. The molecule has 4 nitrogen and oxygen atoms in total. The van der Waals surface area contributed by atoms with Crippen LogP contribution in [0.3, 0.4) is 0 Å². The molecule has 0 aliphatic rings. The molecule has 0 saturated heterocycles. The first-order valence-electron chi connectivity index (χ1n) is 8.69. The lowest BCUT2D eigenvalue weighted by atomic mass is 10.0. The number of alkyl halides is 6. The second-order valence-electron chi connectivity index (χ2n) is 6.20. The van der Waals surface area contributed by atoms with Crippen molar-refractivity contribution in [2.45, 2.75) is 51.4 Å². The molecule has 0 saturated carbocycles. The summed E-state index contributed by atoms with van der Waals surface area (Å²) in [6.07, 6.45) is -9.01. The molecule has 11 heteroatoms. The molecule has 1 N–H and O–H groups in total. The summed E-state index contributed by atoms with van der Waals surface area (Å²) in [5, 5.41) is 2.80. The second-order valence-corrected chi connectivity index (χ2v) is 8.36. The maximum atomic E-state index is 13.1. The fourth-order valence-corrected chi connectivity index (χ4v) is 4.92. The summed E-state index contributed by atoms with van der Waals surface area (Å²) in [6.45, 7) is -0.458. The smallest absolute Gasteiger partial charge is 0.299 e. The predicted octanol–water partition coefficient (Wildman–Crippen LogP) is 5.89. The average molecular weight is 435 g/mol. The van der Waals surface area contributed by atoms with E-state index in [0.717, 1.165) is 5.56 Å². The van der Waals surface area contributed by atoms with Crippen molar-refractivity contribution in [3.05, 3.63) is 35.9 Å². The molecule has 0 aromatic heterocycles. The summed E-state index contributed by atoms with van der Waals surface area (Å²) in [5.74, 6) is -1.84. The van der Waals surface area contributed by atoms with Crippen molar-refractivity contribution in [2.75, 3.05) is 13.2 Å². The van der Waals surface area contributed by atoms with Gasteiger partial charge in [0.15, 0.2) is 13.2 Å². The Morgan fingerprint density at radius 3 is 1.79 bits per heavy atom. The third-order valence-electron chi connectivity index (χ3n) is 4.01. The zero-order valence-electron chi connectivity index (χ0n) is 15.5. The second kappa shape index (κ2) is 10.6. The van der Waals surface area contributed by atoms with E-state index in [9.17, 15) is 30.9 Å². The molecule has 0 aliphatic carbocycles. The van der Waals surface area contributed by atoms with E-state index in [4.69, 9.17) is 0 Å². The molecular formula is C17H24F6NO3P. The summed E-state index contributed by atoms with van der Waals surface area (Å²) >= 11 is 0. The van der Waals surface area contributed by atoms with Crippen molar-refractivity contribution < 1.29 is 40.0 Å². The molecule has 1 atom stereocenters. The fraction of sp³-hybridized carbons (Fsp3) is 0.647. The molecule has 1 aromatic carbocycles. The van der Waals surface area contributed by atoms with Gasteiger partial charge in [-0.3, -0.25) is 18.9 Å². The molecule has 0 fully saturated rings. The van der Waals surface area contributed by atoms with Crippen LogP contribution in [0, 0.1) is 5.92 Å². The summed E-state index contributed by atoms with van der Waals surface area (Å²) < 4.78 is 97.6. The Morgan fingerprint density at radius 1 is 0.929 bits per heavy atom. The standard InChI is InChI=1S/C17H24F6NO3P/c1-3-14(4-2)15(24-10-13-8-6-5-7-9-13)28(25,26-11-16(18,19)20)27-12-17(21,22)23/h5-9,14-15,24H,3-4,10-12H2,1-2H3/t15-/m0/s1. The highest BCUT2D eigenvalue weighted by Crippen LogP contribution is 2.57. The van der Waals surface area contributed by atoms with Crippen LogP contribution in [0.25, 0.3) is 0 Å². The Labute approximate surface area is 160 Å². The molecule has 0 amide bonds. The maximum Gasteiger partial charge on any atom is 0.412 e. The van der Waals surface area contributed by atoms with Crippen LogP contribution in [0.15, 0.2) is 30.3 Å². The number of nitrogens with one attached hydrogen (secondary N) is 1. The normalized spacial score (nSPS) is 14.5. The highest BCUT2D eigenvalue weighted by Gasteiger charge is 2.45. The van der Waals surface area contributed by atoms with Crippen molar-refractivity contribution in [2.24, 2.45) is 5.92 Å².